The molecule has 1 aliphatic carbocycles. The first kappa shape index (κ1) is 19.1. The molecule has 2 nitrogen and oxygen atoms in total. The van der Waals surface area contributed by atoms with E-state index in [-0.39, 0.29) is 11.3 Å². The van der Waals surface area contributed by atoms with Crippen LogP contribution in [0.2, 0.25) is 5.02 Å². The van der Waals surface area contributed by atoms with Crippen molar-refractivity contribution in [1.29, 1.82) is 0 Å². The quantitative estimate of drug-likeness (QED) is 0.579. The van der Waals surface area contributed by atoms with Gasteiger partial charge in [0.15, 0.2) is 0 Å². The minimum atomic E-state index is -0.0479. The second-order valence-corrected chi connectivity index (χ2v) is 8.60. The van der Waals surface area contributed by atoms with E-state index in [2.05, 4.69) is 31.8 Å². The lowest BCUT2D eigenvalue weighted by molar-refractivity contribution is 0.0663. The molecule has 3 heteroatoms. The standard InChI is InChI=1S/C23H28ClNO/c1-23(2)17-25(22(26)19-11-7-13-21(24)16-19)15-14-20(23)12-6-10-18-8-4-3-5-9-18/h7,11-13,16,18H,3-5,8-9,14-15,17H2,1-2H3/b20-12+. The fourth-order valence-electron chi connectivity index (χ4n) is 3.99. The topological polar surface area (TPSA) is 20.3 Å². The molecule has 0 unspecified atom stereocenters. The highest BCUT2D eigenvalue weighted by atomic mass is 35.5. The number of amides is 1. The Morgan fingerprint density at radius 2 is 2.04 bits per heavy atom. The van der Waals surface area contributed by atoms with Gasteiger partial charge in [-0.2, -0.15) is 0 Å². The van der Waals surface area contributed by atoms with Crippen molar-refractivity contribution in [3.8, 4) is 11.8 Å². The molecule has 0 N–H and O–H groups in total. The number of halogens is 1. The van der Waals surface area contributed by atoms with E-state index in [1.165, 1.54) is 37.7 Å². The number of likely N-dealkylation sites (tertiary alicyclic amines) is 1. The summed E-state index contributed by atoms with van der Waals surface area (Å²) < 4.78 is 0. The van der Waals surface area contributed by atoms with Gasteiger partial charge >= 0.3 is 0 Å². The smallest absolute Gasteiger partial charge is 0.253 e. The van der Waals surface area contributed by atoms with E-state index in [0.717, 1.165) is 19.5 Å². The number of nitrogens with zero attached hydrogens (tertiary/aromatic N) is 1. The molecule has 138 valence electrons. The number of carbonyl (C=O) groups is 1. The molecule has 1 saturated heterocycles. The minimum absolute atomic E-state index is 0.0479. The van der Waals surface area contributed by atoms with Crippen LogP contribution in [0.15, 0.2) is 35.9 Å². The molecule has 0 aromatic heterocycles. The van der Waals surface area contributed by atoms with Crippen LogP contribution < -0.4 is 0 Å². The average molecular weight is 370 g/mol. The van der Waals surface area contributed by atoms with Crippen LogP contribution in [0.1, 0.15) is 62.7 Å². The van der Waals surface area contributed by atoms with Crippen molar-refractivity contribution in [1.82, 2.24) is 4.90 Å². The zero-order valence-corrected chi connectivity index (χ0v) is 16.6. The Labute approximate surface area is 162 Å². The molecule has 0 spiro atoms. The SMILES string of the molecule is CC1(C)CN(C(=O)c2cccc(Cl)c2)CC/C1=C\C#CC1CCCCC1. The van der Waals surface area contributed by atoms with Crippen LogP contribution >= 0.6 is 11.6 Å². The summed E-state index contributed by atoms with van der Waals surface area (Å²) in [6, 6.07) is 7.21. The number of benzene rings is 1. The predicted octanol–water partition coefficient (Wildman–Crippen LogP) is 5.72. The second-order valence-electron chi connectivity index (χ2n) is 8.16. The first-order valence-electron chi connectivity index (χ1n) is 9.71. The van der Waals surface area contributed by atoms with Gasteiger partial charge in [0.1, 0.15) is 0 Å². The Bertz CT molecular complexity index is 747. The lowest BCUT2D eigenvalue weighted by atomic mass is 9.78. The van der Waals surface area contributed by atoms with Gasteiger partial charge in [0.05, 0.1) is 0 Å². The zero-order valence-electron chi connectivity index (χ0n) is 15.9. The van der Waals surface area contributed by atoms with Crippen LogP contribution in [-0.4, -0.2) is 23.9 Å². The monoisotopic (exact) mass is 369 g/mol. The molecule has 1 aromatic carbocycles. The van der Waals surface area contributed by atoms with E-state index in [1.807, 2.05) is 17.0 Å². The van der Waals surface area contributed by atoms with Crippen molar-refractivity contribution >= 4 is 17.5 Å². The maximum absolute atomic E-state index is 12.8. The summed E-state index contributed by atoms with van der Waals surface area (Å²) in [6.45, 7) is 5.87. The number of allylic oxidation sites excluding steroid dienone is 1. The fourth-order valence-corrected chi connectivity index (χ4v) is 4.18. The molecular formula is C23H28ClNO. The molecule has 0 bridgehead atoms. The third-order valence-corrected chi connectivity index (χ3v) is 5.84. The molecule has 1 aromatic rings. The first-order valence-corrected chi connectivity index (χ1v) is 10.1. The molecule has 2 aliphatic rings. The van der Waals surface area contributed by atoms with Gasteiger partial charge in [-0.05, 0) is 43.5 Å². The predicted molar refractivity (Wildman–Crippen MR) is 108 cm³/mol. The molecule has 2 fully saturated rings. The highest BCUT2D eigenvalue weighted by molar-refractivity contribution is 6.30. The molecule has 26 heavy (non-hydrogen) atoms. The normalized spacial score (nSPS) is 22.0. The van der Waals surface area contributed by atoms with Crippen molar-refractivity contribution in [3.63, 3.8) is 0 Å². The molecule has 3 rings (SSSR count). The van der Waals surface area contributed by atoms with Gasteiger partial charge in [0, 0.05) is 35.0 Å². The lowest BCUT2D eigenvalue weighted by Gasteiger charge is -2.40. The van der Waals surface area contributed by atoms with Gasteiger partial charge in [-0.1, -0.05) is 68.2 Å². The number of rotatable bonds is 1. The van der Waals surface area contributed by atoms with Crippen LogP contribution in [-0.2, 0) is 0 Å². The van der Waals surface area contributed by atoms with Crippen molar-refractivity contribution in [2.24, 2.45) is 11.3 Å². The summed E-state index contributed by atoms with van der Waals surface area (Å²) in [4.78, 5) is 14.7. The third-order valence-electron chi connectivity index (χ3n) is 5.60. The Kier molecular flexibility index (Phi) is 6.09. The number of hydrogen-bond donors (Lipinski definition) is 0. The average Bonchev–Trinajstić information content (AvgIpc) is 2.63. The Morgan fingerprint density at radius 1 is 1.27 bits per heavy atom. The lowest BCUT2D eigenvalue weighted by Crippen LogP contribution is -2.44. The molecular weight excluding hydrogens is 342 g/mol. The molecule has 0 radical (unpaired) electrons. The summed E-state index contributed by atoms with van der Waals surface area (Å²) >= 11 is 6.03. The first-order chi connectivity index (χ1) is 12.5. The van der Waals surface area contributed by atoms with Crippen LogP contribution in [0.3, 0.4) is 0 Å². The van der Waals surface area contributed by atoms with E-state index < -0.39 is 0 Å². The molecule has 0 atom stereocenters. The summed E-state index contributed by atoms with van der Waals surface area (Å²) in [5.74, 6) is 7.42. The second kappa shape index (κ2) is 8.31. The summed E-state index contributed by atoms with van der Waals surface area (Å²) in [5, 5.41) is 0.602. The van der Waals surface area contributed by atoms with Crippen molar-refractivity contribution in [2.75, 3.05) is 13.1 Å². The number of hydrogen-bond acceptors (Lipinski definition) is 1. The Hall–Kier alpha value is -1.72. The van der Waals surface area contributed by atoms with Gasteiger partial charge in [0.25, 0.3) is 5.91 Å². The van der Waals surface area contributed by atoms with Crippen molar-refractivity contribution in [3.05, 3.63) is 46.5 Å². The van der Waals surface area contributed by atoms with Gasteiger partial charge in [-0.25, -0.2) is 0 Å². The van der Waals surface area contributed by atoms with Gasteiger partial charge < -0.3 is 4.90 Å². The fraction of sp³-hybridized carbons (Fsp3) is 0.522. The zero-order chi connectivity index (χ0) is 18.6. The maximum atomic E-state index is 12.8. The van der Waals surface area contributed by atoms with Crippen molar-refractivity contribution in [2.45, 2.75) is 52.4 Å². The van der Waals surface area contributed by atoms with E-state index in [0.29, 0.717) is 16.5 Å². The summed E-state index contributed by atoms with van der Waals surface area (Å²) in [5.41, 5.74) is 1.97. The highest BCUT2D eigenvalue weighted by Gasteiger charge is 2.33. The largest absolute Gasteiger partial charge is 0.337 e. The maximum Gasteiger partial charge on any atom is 0.253 e. The van der Waals surface area contributed by atoms with Gasteiger partial charge in [-0.3, -0.25) is 4.79 Å². The molecule has 1 heterocycles. The van der Waals surface area contributed by atoms with Crippen molar-refractivity contribution < 1.29 is 4.79 Å². The number of piperidine rings is 1. The van der Waals surface area contributed by atoms with E-state index in [1.54, 1.807) is 12.1 Å². The Morgan fingerprint density at radius 3 is 2.73 bits per heavy atom. The van der Waals surface area contributed by atoms with Gasteiger partial charge in [-0.15, -0.1) is 0 Å². The highest BCUT2D eigenvalue weighted by Crippen LogP contribution is 2.35. The summed E-state index contributed by atoms with van der Waals surface area (Å²) in [7, 11) is 0. The molecule has 1 saturated carbocycles. The van der Waals surface area contributed by atoms with Gasteiger partial charge in [0.2, 0.25) is 0 Å². The Balaban J connectivity index is 1.66. The molecule has 1 aliphatic heterocycles. The van der Waals surface area contributed by atoms with Crippen LogP contribution in [0.5, 0.6) is 0 Å². The van der Waals surface area contributed by atoms with Crippen LogP contribution in [0.4, 0.5) is 0 Å². The number of carbonyl (C=O) groups excluding carboxylic acids is 1. The van der Waals surface area contributed by atoms with E-state index in [9.17, 15) is 4.79 Å². The summed E-state index contributed by atoms with van der Waals surface area (Å²) in [6.07, 6.45) is 9.52. The minimum Gasteiger partial charge on any atom is -0.337 e. The van der Waals surface area contributed by atoms with Crippen LogP contribution in [0, 0.1) is 23.2 Å². The van der Waals surface area contributed by atoms with E-state index >= 15 is 0 Å². The third kappa shape index (κ3) is 4.71. The van der Waals surface area contributed by atoms with Crippen LogP contribution in [0.25, 0.3) is 0 Å². The van der Waals surface area contributed by atoms with E-state index in [4.69, 9.17) is 11.6 Å². The molecule has 1 amide bonds.